The quantitative estimate of drug-likeness (QED) is 0.146. The molecule has 2 heterocycles. The van der Waals surface area contributed by atoms with Crippen LogP contribution in [0.15, 0.2) is 97.1 Å². The predicted molar refractivity (Wildman–Crippen MR) is 166 cm³/mol. The molecular formula is C35H27F3N4O5. The second kappa shape index (κ2) is 12.6. The van der Waals surface area contributed by atoms with Crippen molar-refractivity contribution in [1.29, 1.82) is 0 Å². The van der Waals surface area contributed by atoms with Crippen molar-refractivity contribution in [2.24, 2.45) is 5.73 Å². The first-order valence-electron chi connectivity index (χ1n) is 14.6. The van der Waals surface area contributed by atoms with Gasteiger partial charge in [0.1, 0.15) is 5.76 Å². The SMILES string of the molecule is CC(OC1=CC(=O)C(=O)c2c1[nH]c(-c1ccccc1)c2CCN)C(=O)Oc1cc(-c2cccc(C(F)(F)F)c2)n(-c2ccccc2)n1. The van der Waals surface area contributed by atoms with Gasteiger partial charge in [0, 0.05) is 23.4 Å². The smallest absolute Gasteiger partial charge is 0.416 e. The molecule has 0 bridgehead atoms. The second-order valence-electron chi connectivity index (χ2n) is 10.7. The van der Waals surface area contributed by atoms with Crippen LogP contribution in [0.25, 0.3) is 34.0 Å². The highest BCUT2D eigenvalue weighted by Crippen LogP contribution is 2.37. The Balaban J connectivity index is 1.30. The van der Waals surface area contributed by atoms with E-state index in [1.807, 2.05) is 30.3 Å². The van der Waals surface area contributed by atoms with E-state index < -0.39 is 35.4 Å². The number of alkyl halides is 3. The number of hydrogen-bond donors (Lipinski definition) is 2. The molecule has 0 fully saturated rings. The summed E-state index contributed by atoms with van der Waals surface area (Å²) >= 11 is 0. The monoisotopic (exact) mass is 640 g/mol. The zero-order chi connectivity index (χ0) is 33.3. The number of rotatable bonds is 9. The molecule has 0 aliphatic heterocycles. The normalized spacial score (nSPS) is 13.6. The average molecular weight is 641 g/mol. The molecule has 5 aromatic rings. The van der Waals surface area contributed by atoms with Gasteiger partial charge in [0.05, 0.1) is 28.2 Å². The fraction of sp³-hybridized carbons (Fsp3) is 0.143. The minimum Gasteiger partial charge on any atom is -0.477 e. The number of halogens is 3. The topological polar surface area (TPSA) is 129 Å². The summed E-state index contributed by atoms with van der Waals surface area (Å²) in [4.78, 5) is 42.2. The minimum atomic E-state index is -4.57. The van der Waals surface area contributed by atoms with E-state index in [0.717, 1.165) is 23.8 Å². The molecule has 2 aromatic heterocycles. The van der Waals surface area contributed by atoms with E-state index in [9.17, 15) is 27.6 Å². The Morgan fingerprint density at radius 1 is 0.936 bits per heavy atom. The molecule has 3 N–H and O–H groups in total. The number of aromatic nitrogens is 3. The number of ether oxygens (including phenoxy) is 2. The van der Waals surface area contributed by atoms with E-state index in [4.69, 9.17) is 15.2 Å². The molecule has 0 radical (unpaired) electrons. The Morgan fingerprint density at radius 2 is 1.62 bits per heavy atom. The fourth-order valence-electron chi connectivity index (χ4n) is 5.35. The van der Waals surface area contributed by atoms with E-state index in [1.165, 1.54) is 29.8 Å². The third kappa shape index (κ3) is 6.23. The highest BCUT2D eigenvalue weighted by molar-refractivity contribution is 6.50. The lowest BCUT2D eigenvalue weighted by atomic mass is 9.93. The standard InChI is InChI=1S/C35H27F3N4O5/c1-20(46-28-19-27(43)33(44)30-25(15-16-39)31(40-32(28)30)21-9-4-2-5-10-21)34(45)47-29-18-26(42(41-29)24-13-6-3-7-14-24)22-11-8-12-23(17-22)35(36,37)38/h2-14,17-20,40H,15-16,39H2,1H3. The number of allylic oxidation sites excluding steroid dienone is 1. The number of H-pyrrole nitrogens is 1. The Hall–Kier alpha value is -5.75. The molecule has 9 nitrogen and oxygen atoms in total. The van der Waals surface area contributed by atoms with Crippen LogP contribution in [0, 0.1) is 0 Å². The zero-order valence-electron chi connectivity index (χ0n) is 24.9. The van der Waals surface area contributed by atoms with Gasteiger partial charge < -0.3 is 20.2 Å². The van der Waals surface area contributed by atoms with E-state index in [2.05, 4.69) is 10.1 Å². The largest absolute Gasteiger partial charge is 0.477 e. The molecule has 0 spiro atoms. The summed E-state index contributed by atoms with van der Waals surface area (Å²) in [7, 11) is 0. The summed E-state index contributed by atoms with van der Waals surface area (Å²) in [5.74, 6) is -2.67. The molecule has 238 valence electrons. The van der Waals surface area contributed by atoms with Gasteiger partial charge in [-0.2, -0.15) is 13.2 Å². The lowest BCUT2D eigenvalue weighted by molar-refractivity contribution is -0.143. The number of carbonyl (C=O) groups is 3. The van der Waals surface area contributed by atoms with E-state index >= 15 is 0 Å². The summed E-state index contributed by atoms with van der Waals surface area (Å²) in [6, 6.07) is 23.9. The van der Waals surface area contributed by atoms with Gasteiger partial charge in [-0.25, -0.2) is 9.48 Å². The highest BCUT2D eigenvalue weighted by atomic mass is 19.4. The Labute approximate surface area is 266 Å². The predicted octanol–water partition coefficient (Wildman–Crippen LogP) is 6.17. The summed E-state index contributed by atoms with van der Waals surface area (Å²) in [5.41, 5.74) is 8.24. The van der Waals surface area contributed by atoms with Crippen LogP contribution in [0.2, 0.25) is 0 Å². The van der Waals surface area contributed by atoms with Crippen molar-refractivity contribution in [2.45, 2.75) is 25.6 Å². The van der Waals surface area contributed by atoms with Crippen LogP contribution in [-0.4, -0.2) is 44.9 Å². The van der Waals surface area contributed by atoms with Gasteiger partial charge in [0.2, 0.25) is 17.4 Å². The number of fused-ring (bicyclic) bond motifs is 1. The molecule has 0 amide bonds. The number of nitrogens with zero attached hydrogens (tertiary/aromatic N) is 2. The Morgan fingerprint density at radius 3 is 2.30 bits per heavy atom. The first-order valence-corrected chi connectivity index (χ1v) is 14.6. The number of para-hydroxylation sites is 1. The summed E-state index contributed by atoms with van der Waals surface area (Å²) in [6.45, 7) is 1.61. The summed E-state index contributed by atoms with van der Waals surface area (Å²) in [5, 5.41) is 4.35. The van der Waals surface area contributed by atoms with E-state index in [0.29, 0.717) is 23.4 Å². The maximum Gasteiger partial charge on any atom is 0.416 e. The van der Waals surface area contributed by atoms with Crippen LogP contribution < -0.4 is 10.5 Å². The Bertz CT molecular complexity index is 2010. The number of esters is 1. The Kier molecular flexibility index (Phi) is 8.35. The molecule has 47 heavy (non-hydrogen) atoms. The average Bonchev–Trinajstić information content (AvgIpc) is 3.66. The number of nitrogens with one attached hydrogen (secondary N) is 1. The number of ketones is 2. The lowest BCUT2D eigenvalue weighted by Gasteiger charge is -2.18. The van der Waals surface area contributed by atoms with Crippen molar-refractivity contribution >= 4 is 23.3 Å². The number of aromatic amines is 1. The molecule has 1 aliphatic carbocycles. The van der Waals surface area contributed by atoms with Gasteiger partial charge in [-0.05, 0) is 55.3 Å². The molecule has 3 aromatic carbocycles. The zero-order valence-corrected chi connectivity index (χ0v) is 24.9. The number of Topliss-reactive ketones (excluding diaryl/α,β-unsaturated/α-hetero) is 1. The summed E-state index contributed by atoms with van der Waals surface area (Å²) in [6.07, 6.45) is -4.54. The minimum absolute atomic E-state index is 0.0334. The van der Waals surface area contributed by atoms with Gasteiger partial charge in [0.15, 0.2) is 6.10 Å². The lowest BCUT2D eigenvalue weighted by Crippen LogP contribution is -2.28. The third-order valence-corrected chi connectivity index (χ3v) is 7.53. The van der Waals surface area contributed by atoms with Crippen molar-refractivity contribution in [3.8, 4) is 34.1 Å². The van der Waals surface area contributed by atoms with Gasteiger partial charge in [-0.15, -0.1) is 5.10 Å². The molecule has 0 saturated carbocycles. The van der Waals surface area contributed by atoms with Crippen LogP contribution in [0.1, 0.15) is 34.1 Å². The van der Waals surface area contributed by atoms with Crippen LogP contribution >= 0.6 is 0 Å². The van der Waals surface area contributed by atoms with E-state index in [1.54, 1.807) is 30.3 Å². The van der Waals surface area contributed by atoms with Crippen molar-refractivity contribution in [1.82, 2.24) is 14.8 Å². The molecular weight excluding hydrogens is 613 g/mol. The van der Waals surface area contributed by atoms with E-state index in [-0.39, 0.29) is 40.7 Å². The molecule has 1 unspecified atom stereocenters. The van der Waals surface area contributed by atoms with Crippen molar-refractivity contribution in [2.75, 3.05) is 6.54 Å². The van der Waals surface area contributed by atoms with Crippen molar-refractivity contribution < 1.29 is 37.0 Å². The molecule has 1 aliphatic rings. The number of hydrogen-bond acceptors (Lipinski definition) is 7. The number of carbonyl (C=O) groups excluding carboxylic acids is 3. The van der Waals surface area contributed by atoms with Gasteiger partial charge in [-0.3, -0.25) is 9.59 Å². The molecule has 12 heteroatoms. The number of benzene rings is 3. The second-order valence-corrected chi connectivity index (χ2v) is 10.7. The van der Waals surface area contributed by atoms with Crippen LogP contribution in [-0.2, 0) is 26.9 Å². The van der Waals surface area contributed by atoms with Gasteiger partial charge >= 0.3 is 12.1 Å². The van der Waals surface area contributed by atoms with Gasteiger partial charge in [0.25, 0.3) is 0 Å². The first kappa shape index (κ1) is 31.2. The third-order valence-electron chi connectivity index (χ3n) is 7.53. The number of nitrogens with two attached hydrogens (primary N) is 1. The first-order chi connectivity index (χ1) is 22.5. The fourth-order valence-corrected chi connectivity index (χ4v) is 5.35. The van der Waals surface area contributed by atoms with Crippen LogP contribution in [0.4, 0.5) is 13.2 Å². The maximum atomic E-state index is 13.5. The highest BCUT2D eigenvalue weighted by Gasteiger charge is 2.35. The summed E-state index contributed by atoms with van der Waals surface area (Å²) < 4.78 is 53.3. The van der Waals surface area contributed by atoms with Gasteiger partial charge in [-0.1, -0.05) is 60.7 Å². The maximum absolute atomic E-state index is 13.5. The van der Waals surface area contributed by atoms with Crippen molar-refractivity contribution in [3.63, 3.8) is 0 Å². The van der Waals surface area contributed by atoms with Crippen molar-refractivity contribution in [3.05, 3.63) is 119 Å². The van der Waals surface area contributed by atoms with Crippen LogP contribution in [0.5, 0.6) is 5.88 Å². The van der Waals surface area contributed by atoms with Crippen LogP contribution in [0.3, 0.4) is 0 Å². The molecule has 6 rings (SSSR count). The molecule has 0 saturated heterocycles. The molecule has 1 atom stereocenters.